The van der Waals surface area contributed by atoms with Gasteiger partial charge in [-0.2, -0.15) is 8.42 Å². The monoisotopic (exact) mass is 410 g/mol. The summed E-state index contributed by atoms with van der Waals surface area (Å²) in [5.74, 6) is 1.51. The molecule has 0 radical (unpaired) electrons. The van der Waals surface area contributed by atoms with E-state index in [-0.39, 0.29) is 4.90 Å². The van der Waals surface area contributed by atoms with E-state index in [1.165, 1.54) is 44.9 Å². The van der Waals surface area contributed by atoms with E-state index in [0.29, 0.717) is 0 Å². The number of unbranched alkanes of at least 4 members (excludes halogenated alkanes) is 6. The molecule has 0 heterocycles. The van der Waals surface area contributed by atoms with Gasteiger partial charge in [-0.05, 0) is 54.7 Å². The lowest BCUT2D eigenvalue weighted by Crippen LogP contribution is -2.07. The van der Waals surface area contributed by atoms with Crippen LogP contribution in [0.2, 0.25) is 0 Å². The molecule has 28 heavy (non-hydrogen) atoms. The van der Waals surface area contributed by atoms with Gasteiger partial charge in [-0.1, -0.05) is 91.2 Å². The standard InChI is InChI=1S/C24H42O3S/c1-20(2)14-9-5-7-11-16-22-17-13-19-24(28(25,26)27)23(22)18-12-8-6-10-15-21(3)4/h13,17,19-21H,5-12,14-16,18H2,1-4H3,(H,25,26,27). The van der Waals surface area contributed by atoms with Gasteiger partial charge in [-0.3, -0.25) is 4.55 Å². The number of aryl methyl sites for hydroxylation is 1. The maximum Gasteiger partial charge on any atom is 0.294 e. The molecule has 0 aromatic heterocycles. The quantitative estimate of drug-likeness (QED) is 0.245. The summed E-state index contributed by atoms with van der Waals surface area (Å²) in [6.07, 6.45) is 13.4. The minimum atomic E-state index is -4.16. The topological polar surface area (TPSA) is 54.4 Å². The van der Waals surface area contributed by atoms with E-state index in [1.54, 1.807) is 12.1 Å². The van der Waals surface area contributed by atoms with Crippen LogP contribution in [0.4, 0.5) is 0 Å². The van der Waals surface area contributed by atoms with Crippen LogP contribution in [0.3, 0.4) is 0 Å². The zero-order chi connectivity index (χ0) is 21.0. The Morgan fingerprint density at radius 3 is 1.75 bits per heavy atom. The van der Waals surface area contributed by atoms with E-state index in [0.717, 1.165) is 55.1 Å². The smallest absolute Gasteiger partial charge is 0.282 e. The summed E-state index contributed by atoms with van der Waals surface area (Å²) in [5.41, 5.74) is 1.94. The number of hydrogen-bond donors (Lipinski definition) is 1. The summed E-state index contributed by atoms with van der Waals surface area (Å²) in [6, 6.07) is 5.36. The van der Waals surface area contributed by atoms with Crippen molar-refractivity contribution in [3.05, 3.63) is 29.3 Å². The van der Waals surface area contributed by atoms with Crippen LogP contribution in [0.25, 0.3) is 0 Å². The summed E-state index contributed by atoms with van der Waals surface area (Å²) in [7, 11) is -4.16. The van der Waals surface area contributed by atoms with Crippen LogP contribution in [0, 0.1) is 11.8 Å². The van der Waals surface area contributed by atoms with Crippen molar-refractivity contribution in [1.82, 2.24) is 0 Å². The van der Waals surface area contributed by atoms with Gasteiger partial charge in [0.25, 0.3) is 10.1 Å². The van der Waals surface area contributed by atoms with Gasteiger partial charge in [0.15, 0.2) is 0 Å². The number of hydrogen-bond acceptors (Lipinski definition) is 2. The second kappa shape index (κ2) is 13.4. The molecule has 0 aliphatic rings. The van der Waals surface area contributed by atoms with E-state index in [2.05, 4.69) is 27.7 Å². The van der Waals surface area contributed by atoms with E-state index in [4.69, 9.17) is 0 Å². The Morgan fingerprint density at radius 1 is 0.750 bits per heavy atom. The van der Waals surface area contributed by atoms with Gasteiger partial charge in [0, 0.05) is 0 Å². The molecule has 0 aliphatic heterocycles. The Balaban J connectivity index is 2.62. The van der Waals surface area contributed by atoms with Crippen LogP contribution in [0.5, 0.6) is 0 Å². The predicted molar refractivity (Wildman–Crippen MR) is 120 cm³/mol. The van der Waals surface area contributed by atoms with Gasteiger partial charge in [-0.25, -0.2) is 0 Å². The summed E-state index contributed by atoms with van der Waals surface area (Å²) in [5, 5.41) is 0. The largest absolute Gasteiger partial charge is 0.294 e. The first kappa shape index (κ1) is 25.2. The molecule has 1 aromatic rings. The highest BCUT2D eigenvalue weighted by molar-refractivity contribution is 7.85. The lowest BCUT2D eigenvalue weighted by atomic mass is 9.95. The molecule has 0 amide bonds. The van der Waals surface area contributed by atoms with Crippen LogP contribution in [-0.4, -0.2) is 13.0 Å². The van der Waals surface area contributed by atoms with Crippen molar-refractivity contribution in [2.75, 3.05) is 0 Å². The van der Waals surface area contributed by atoms with Gasteiger partial charge >= 0.3 is 0 Å². The number of benzene rings is 1. The Hall–Kier alpha value is -0.870. The molecule has 0 spiro atoms. The van der Waals surface area contributed by atoms with Crippen LogP contribution in [0.15, 0.2) is 23.1 Å². The van der Waals surface area contributed by atoms with E-state index < -0.39 is 10.1 Å². The van der Waals surface area contributed by atoms with Crippen molar-refractivity contribution in [2.24, 2.45) is 11.8 Å². The molecule has 0 bridgehead atoms. The first-order chi connectivity index (χ1) is 13.2. The van der Waals surface area contributed by atoms with Crippen LogP contribution in [-0.2, 0) is 23.0 Å². The third kappa shape index (κ3) is 10.6. The predicted octanol–water partition coefficient (Wildman–Crippen LogP) is 7.23. The highest BCUT2D eigenvalue weighted by Gasteiger charge is 2.17. The maximum atomic E-state index is 11.9. The lowest BCUT2D eigenvalue weighted by Gasteiger charge is -2.14. The Kier molecular flexibility index (Phi) is 12.0. The van der Waals surface area contributed by atoms with E-state index in [9.17, 15) is 13.0 Å². The molecular formula is C24H42O3S. The summed E-state index contributed by atoms with van der Waals surface area (Å²) >= 11 is 0. The Morgan fingerprint density at radius 2 is 1.25 bits per heavy atom. The van der Waals surface area contributed by atoms with Gasteiger partial charge in [-0.15, -0.1) is 0 Å². The zero-order valence-corrected chi connectivity index (χ0v) is 19.4. The van der Waals surface area contributed by atoms with Crippen LogP contribution < -0.4 is 0 Å². The molecule has 1 rings (SSSR count). The minimum absolute atomic E-state index is 0.118. The molecule has 0 saturated carbocycles. The SMILES string of the molecule is CC(C)CCCCCCc1cccc(S(=O)(=O)O)c1CCCCCCC(C)C. The van der Waals surface area contributed by atoms with E-state index in [1.807, 2.05) is 6.07 Å². The number of rotatable bonds is 15. The van der Waals surface area contributed by atoms with Crippen molar-refractivity contribution in [3.8, 4) is 0 Å². The van der Waals surface area contributed by atoms with Gasteiger partial charge in [0.2, 0.25) is 0 Å². The Labute approximate surface area is 174 Å². The molecule has 0 unspecified atom stereocenters. The van der Waals surface area contributed by atoms with Crippen molar-refractivity contribution < 1.29 is 13.0 Å². The highest BCUT2D eigenvalue weighted by Crippen LogP contribution is 2.24. The van der Waals surface area contributed by atoms with Crippen molar-refractivity contribution in [3.63, 3.8) is 0 Å². The van der Waals surface area contributed by atoms with Gasteiger partial charge < -0.3 is 0 Å². The highest BCUT2D eigenvalue weighted by atomic mass is 32.2. The fourth-order valence-electron chi connectivity index (χ4n) is 3.80. The molecule has 1 aromatic carbocycles. The third-order valence-corrected chi connectivity index (χ3v) is 6.38. The molecule has 4 heteroatoms. The van der Waals surface area contributed by atoms with Crippen molar-refractivity contribution in [1.29, 1.82) is 0 Å². The second-order valence-electron chi connectivity index (χ2n) is 9.06. The fraction of sp³-hybridized carbons (Fsp3) is 0.750. The third-order valence-electron chi connectivity index (χ3n) is 5.44. The average molecular weight is 411 g/mol. The molecule has 0 atom stereocenters. The normalized spacial score (nSPS) is 12.2. The molecule has 0 aliphatic carbocycles. The molecular weight excluding hydrogens is 368 g/mol. The second-order valence-corrected chi connectivity index (χ2v) is 10.5. The maximum absolute atomic E-state index is 11.9. The summed E-state index contributed by atoms with van der Waals surface area (Å²) in [4.78, 5) is 0.118. The minimum Gasteiger partial charge on any atom is -0.282 e. The average Bonchev–Trinajstić information content (AvgIpc) is 2.60. The summed E-state index contributed by atoms with van der Waals surface area (Å²) < 4.78 is 33.4. The Bertz CT molecular complexity index is 648. The molecule has 1 N–H and O–H groups in total. The van der Waals surface area contributed by atoms with Gasteiger partial charge in [0.1, 0.15) is 0 Å². The van der Waals surface area contributed by atoms with Crippen molar-refractivity contribution >= 4 is 10.1 Å². The molecule has 0 saturated heterocycles. The van der Waals surface area contributed by atoms with Crippen LogP contribution in [0.1, 0.15) is 103 Å². The van der Waals surface area contributed by atoms with Crippen LogP contribution >= 0.6 is 0 Å². The first-order valence-electron chi connectivity index (χ1n) is 11.3. The summed E-state index contributed by atoms with van der Waals surface area (Å²) in [6.45, 7) is 9.01. The first-order valence-corrected chi connectivity index (χ1v) is 12.7. The van der Waals surface area contributed by atoms with Gasteiger partial charge in [0.05, 0.1) is 4.90 Å². The lowest BCUT2D eigenvalue weighted by molar-refractivity contribution is 0.481. The van der Waals surface area contributed by atoms with E-state index >= 15 is 0 Å². The molecule has 3 nitrogen and oxygen atoms in total. The molecule has 162 valence electrons. The van der Waals surface area contributed by atoms with Crippen molar-refractivity contribution in [2.45, 2.75) is 110 Å². The molecule has 0 fully saturated rings. The zero-order valence-electron chi connectivity index (χ0n) is 18.5. The fourth-order valence-corrected chi connectivity index (χ4v) is 4.60.